The van der Waals surface area contributed by atoms with Gasteiger partial charge in [-0.25, -0.2) is 4.79 Å². The Morgan fingerprint density at radius 1 is 0.966 bits per heavy atom. The van der Waals surface area contributed by atoms with Gasteiger partial charge in [0.2, 0.25) is 5.88 Å². The van der Waals surface area contributed by atoms with Gasteiger partial charge >= 0.3 is 5.69 Å². The highest BCUT2D eigenvalue weighted by Gasteiger charge is 2.35. The number of hydrogen-bond donors (Lipinski definition) is 0. The lowest BCUT2D eigenvalue weighted by Gasteiger charge is -2.33. The molecule has 0 unspecified atom stereocenters. The third-order valence-corrected chi connectivity index (χ3v) is 5.37. The van der Waals surface area contributed by atoms with Crippen LogP contribution in [0.2, 0.25) is 0 Å². The molecule has 2 atom stereocenters. The van der Waals surface area contributed by atoms with Crippen LogP contribution in [0.25, 0.3) is 0 Å². The van der Waals surface area contributed by atoms with E-state index >= 15 is 0 Å². The number of rotatable bonds is 3. The summed E-state index contributed by atoms with van der Waals surface area (Å²) in [7, 11) is 3.00. The molecule has 1 aliphatic heterocycles. The van der Waals surface area contributed by atoms with E-state index in [1.54, 1.807) is 19.2 Å². The third-order valence-electron chi connectivity index (χ3n) is 5.37. The Bertz CT molecular complexity index is 1200. The van der Waals surface area contributed by atoms with Crippen LogP contribution < -0.4 is 16.0 Å². The molecule has 0 amide bonds. The fraction of sp³-hybridized carbons (Fsp3) is 0.238. The summed E-state index contributed by atoms with van der Waals surface area (Å²) in [5.74, 6) is -0.128. The molecular formula is C21H19N3O5. The van der Waals surface area contributed by atoms with Crippen molar-refractivity contribution >= 4 is 5.69 Å². The minimum absolute atomic E-state index is 0.0194. The summed E-state index contributed by atoms with van der Waals surface area (Å²) in [6.45, 7) is 0. The Balaban J connectivity index is 1.91. The second kappa shape index (κ2) is 7.05. The molecule has 0 spiro atoms. The first-order chi connectivity index (χ1) is 13.9. The zero-order chi connectivity index (χ0) is 20.7. The monoisotopic (exact) mass is 393 g/mol. The van der Waals surface area contributed by atoms with Crippen molar-refractivity contribution in [2.75, 3.05) is 0 Å². The van der Waals surface area contributed by atoms with Gasteiger partial charge in [0.05, 0.1) is 10.5 Å². The van der Waals surface area contributed by atoms with Gasteiger partial charge in [0.25, 0.3) is 11.2 Å². The zero-order valence-corrected chi connectivity index (χ0v) is 15.9. The number of nitro groups is 1. The predicted octanol–water partition coefficient (Wildman–Crippen LogP) is 2.65. The van der Waals surface area contributed by atoms with Gasteiger partial charge in [-0.3, -0.25) is 24.0 Å². The van der Waals surface area contributed by atoms with Crippen LogP contribution in [0.3, 0.4) is 0 Å². The number of aromatic nitrogens is 2. The molecule has 1 aliphatic rings. The van der Waals surface area contributed by atoms with E-state index in [0.29, 0.717) is 12.0 Å². The topological polar surface area (TPSA) is 96.4 Å². The van der Waals surface area contributed by atoms with E-state index in [1.807, 2.05) is 30.3 Å². The Kier molecular flexibility index (Phi) is 4.54. The predicted molar refractivity (Wildman–Crippen MR) is 106 cm³/mol. The summed E-state index contributed by atoms with van der Waals surface area (Å²) in [5, 5.41) is 11.0. The standard InChI is InChI=1S/C21H19N3O5/c1-22-19(25)18-16(13-8-10-15(11-9-13)24(27)28)12-17(14-6-4-3-5-7-14)29-20(18)23(2)21(22)26/h3-11,16-17H,12H2,1-2H3/t16-,17+/m1/s1. The first-order valence-electron chi connectivity index (χ1n) is 9.14. The molecule has 8 heteroatoms. The van der Waals surface area contributed by atoms with Crippen molar-refractivity contribution in [1.82, 2.24) is 9.13 Å². The van der Waals surface area contributed by atoms with Crippen molar-refractivity contribution in [3.8, 4) is 5.88 Å². The first kappa shape index (κ1) is 18.7. The van der Waals surface area contributed by atoms with Crippen LogP contribution in [-0.4, -0.2) is 14.1 Å². The minimum atomic E-state index is -0.468. The summed E-state index contributed by atoms with van der Waals surface area (Å²) in [6, 6.07) is 15.7. The normalized spacial score (nSPS) is 18.0. The average molecular weight is 393 g/mol. The van der Waals surface area contributed by atoms with Gasteiger partial charge in [-0.15, -0.1) is 0 Å². The van der Waals surface area contributed by atoms with E-state index in [4.69, 9.17) is 4.74 Å². The maximum Gasteiger partial charge on any atom is 0.333 e. The molecule has 0 N–H and O–H groups in total. The second-order valence-electron chi connectivity index (χ2n) is 7.08. The number of ether oxygens (including phenoxy) is 1. The molecule has 29 heavy (non-hydrogen) atoms. The Morgan fingerprint density at radius 3 is 2.24 bits per heavy atom. The highest BCUT2D eigenvalue weighted by atomic mass is 16.6. The largest absolute Gasteiger partial charge is 0.470 e. The van der Waals surface area contributed by atoms with Gasteiger partial charge in [-0.1, -0.05) is 42.5 Å². The molecule has 0 saturated carbocycles. The molecule has 2 heterocycles. The van der Waals surface area contributed by atoms with Gasteiger partial charge < -0.3 is 4.74 Å². The second-order valence-corrected chi connectivity index (χ2v) is 7.08. The molecule has 0 bridgehead atoms. The van der Waals surface area contributed by atoms with Gasteiger partial charge in [-0.2, -0.15) is 0 Å². The van der Waals surface area contributed by atoms with Gasteiger partial charge in [0, 0.05) is 32.1 Å². The van der Waals surface area contributed by atoms with Gasteiger partial charge in [0.1, 0.15) is 6.10 Å². The van der Waals surface area contributed by atoms with Crippen molar-refractivity contribution in [3.63, 3.8) is 0 Å². The maximum absolute atomic E-state index is 12.9. The quantitative estimate of drug-likeness (QED) is 0.503. The fourth-order valence-corrected chi connectivity index (χ4v) is 3.81. The van der Waals surface area contributed by atoms with E-state index in [2.05, 4.69) is 0 Å². The average Bonchev–Trinajstić information content (AvgIpc) is 2.76. The maximum atomic E-state index is 12.9. The van der Waals surface area contributed by atoms with Crippen molar-refractivity contribution < 1.29 is 9.66 Å². The summed E-state index contributed by atoms with van der Waals surface area (Å²) in [5.41, 5.74) is 1.17. The van der Waals surface area contributed by atoms with Crippen LogP contribution in [0.5, 0.6) is 5.88 Å². The van der Waals surface area contributed by atoms with Crippen LogP contribution in [0.4, 0.5) is 5.69 Å². The molecule has 0 fully saturated rings. The number of hydrogen-bond acceptors (Lipinski definition) is 5. The van der Waals surface area contributed by atoms with Gasteiger partial charge in [-0.05, 0) is 17.5 Å². The zero-order valence-electron chi connectivity index (χ0n) is 15.9. The number of benzene rings is 2. The lowest BCUT2D eigenvalue weighted by Crippen LogP contribution is -2.42. The van der Waals surface area contributed by atoms with Crippen molar-refractivity contribution in [1.29, 1.82) is 0 Å². The fourth-order valence-electron chi connectivity index (χ4n) is 3.81. The number of nitrogens with zero attached hydrogens (tertiary/aromatic N) is 3. The number of fused-ring (bicyclic) bond motifs is 1. The van der Waals surface area contributed by atoms with Crippen molar-refractivity contribution in [3.05, 3.63) is 102 Å². The first-order valence-corrected chi connectivity index (χ1v) is 9.14. The van der Waals surface area contributed by atoms with E-state index in [9.17, 15) is 19.7 Å². The lowest BCUT2D eigenvalue weighted by molar-refractivity contribution is -0.384. The highest BCUT2D eigenvalue weighted by molar-refractivity contribution is 5.43. The van der Waals surface area contributed by atoms with Crippen LogP contribution >= 0.6 is 0 Å². The van der Waals surface area contributed by atoms with Crippen LogP contribution in [0.15, 0.2) is 64.2 Å². The van der Waals surface area contributed by atoms with E-state index in [1.165, 1.54) is 23.7 Å². The SMILES string of the molecule is Cn1c2c(c(=O)n(C)c1=O)[C@@H](c1ccc([N+](=O)[O-])cc1)C[C@@H](c1ccccc1)O2. The van der Waals surface area contributed by atoms with Crippen LogP contribution in [-0.2, 0) is 14.1 Å². The third kappa shape index (κ3) is 3.12. The summed E-state index contributed by atoms with van der Waals surface area (Å²) in [4.78, 5) is 35.9. The molecule has 4 rings (SSSR count). The van der Waals surface area contributed by atoms with E-state index < -0.39 is 16.2 Å². The molecule has 0 radical (unpaired) electrons. The Morgan fingerprint density at radius 2 is 1.62 bits per heavy atom. The van der Waals surface area contributed by atoms with Crippen LogP contribution in [0.1, 0.15) is 35.1 Å². The minimum Gasteiger partial charge on any atom is -0.470 e. The molecule has 0 aliphatic carbocycles. The van der Waals surface area contributed by atoms with E-state index in [0.717, 1.165) is 15.7 Å². The summed E-state index contributed by atoms with van der Waals surface area (Å²) in [6.07, 6.45) is 0.115. The van der Waals surface area contributed by atoms with Crippen molar-refractivity contribution in [2.45, 2.75) is 18.4 Å². The molecular weight excluding hydrogens is 374 g/mol. The summed E-state index contributed by atoms with van der Waals surface area (Å²) < 4.78 is 8.52. The van der Waals surface area contributed by atoms with Gasteiger partial charge in [0.15, 0.2) is 0 Å². The smallest absolute Gasteiger partial charge is 0.333 e. The van der Waals surface area contributed by atoms with Crippen molar-refractivity contribution in [2.24, 2.45) is 14.1 Å². The van der Waals surface area contributed by atoms with E-state index in [-0.39, 0.29) is 23.6 Å². The molecule has 8 nitrogen and oxygen atoms in total. The molecule has 0 saturated heterocycles. The Labute approximate surface area is 165 Å². The lowest BCUT2D eigenvalue weighted by atomic mass is 9.84. The Hall–Kier alpha value is -3.68. The number of non-ortho nitro benzene ring substituents is 1. The molecule has 2 aromatic carbocycles. The number of nitro benzene ring substituents is 1. The molecule has 1 aromatic heterocycles. The van der Waals surface area contributed by atoms with Crippen LogP contribution in [0, 0.1) is 10.1 Å². The molecule has 148 valence electrons. The molecule has 3 aromatic rings. The highest BCUT2D eigenvalue weighted by Crippen LogP contribution is 2.43. The summed E-state index contributed by atoms with van der Waals surface area (Å²) >= 11 is 0.